The van der Waals surface area contributed by atoms with Gasteiger partial charge in [0.1, 0.15) is 0 Å². The first-order valence-electron chi connectivity index (χ1n) is 14.5. The smallest absolute Gasteiger partial charge is 0.253 e. The van der Waals surface area contributed by atoms with Crippen LogP contribution in [0.4, 0.5) is 0 Å². The molecule has 1 aliphatic rings. The molecule has 0 saturated heterocycles. The Labute approximate surface area is 246 Å². The number of rotatable bonds is 19. The fraction of sp³-hybridized carbons (Fsp3) is 0.767. The Kier molecular flexibility index (Phi) is 14.7. The quantitative estimate of drug-likeness (QED) is 0.157. The highest BCUT2D eigenvalue weighted by Crippen LogP contribution is 2.23. The molecule has 1 heterocycles. The first-order chi connectivity index (χ1) is 18.9. The van der Waals surface area contributed by atoms with E-state index in [4.69, 9.17) is 4.74 Å². The number of amides is 5. The molecule has 1 rings (SSSR count). The molecule has 0 saturated carbocycles. The number of carbonyl (C=O) groups is 5. The van der Waals surface area contributed by atoms with Gasteiger partial charge in [-0.1, -0.05) is 48.5 Å². The minimum absolute atomic E-state index is 0.0113. The van der Waals surface area contributed by atoms with Crippen molar-refractivity contribution in [1.82, 2.24) is 25.8 Å². The summed E-state index contributed by atoms with van der Waals surface area (Å²) in [6, 6.07) is 0. The first-order valence-corrected chi connectivity index (χ1v) is 14.5. The minimum atomic E-state index is -0.397. The van der Waals surface area contributed by atoms with Crippen molar-refractivity contribution < 1.29 is 28.7 Å². The van der Waals surface area contributed by atoms with Crippen LogP contribution in [0, 0.1) is 16.2 Å². The molecule has 41 heavy (non-hydrogen) atoms. The molecule has 0 unspecified atom stereocenters. The van der Waals surface area contributed by atoms with E-state index in [0.29, 0.717) is 39.3 Å². The molecule has 3 N–H and O–H groups in total. The molecule has 5 amide bonds. The third-order valence-electron chi connectivity index (χ3n) is 6.57. The van der Waals surface area contributed by atoms with Gasteiger partial charge >= 0.3 is 0 Å². The molecule has 0 atom stereocenters. The van der Waals surface area contributed by atoms with Gasteiger partial charge in [-0.3, -0.25) is 28.9 Å². The Morgan fingerprint density at radius 2 is 1.34 bits per heavy atom. The molecule has 0 aromatic rings. The van der Waals surface area contributed by atoms with Gasteiger partial charge < -0.3 is 25.6 Å². The lowest BCUT2D eigenvalue weighted by atomic mass is 9.89. The van der Waals surface area contributed by atoms with E-state index in [-0.39, 0.29) is 46.9 Å². The van der Waals surface area contributed by atoms with Gasteiger partial charge in [-0.15, -0.1) is 0 Å². The average Bonchev–Trinajstić information content (AvgIpc) is 3.17. The van der Waals surface area contributed by atoms with Crippen LogP contribution in [0.2, 0.25) is 0 Å². The average molecular weight is 580 g/mol. The van der Waals surface area contributed by atoms with E-state index in [2.05, 4.69) is 20.9 Å². The number of nitrogens with zero attached hydrogens (tertiary/aromatic N) is 2. The number of hydrogen-bond donors (Lipinski definition) is 3. The molecule has 0 aliphatic carbocycles. The van der Waals surface area contributed by atoms with Crippen LogP contribution < -0.4 is 16.0 Å². The molecule has 0 aromatic carbocycles. The number of ether oxygens (including phenoxy) is 1. The van der Waals surface area contributed by atoms with Crippen molar-refractivity contribution in [3.8, 4) is 0 Å². The zero-order valence-electron chi connectivity index (χ0n) is 26.5. The summed E-state index contributed by atoms with van der Waals surface area (Å²) in [6.07, 6.45) is 4.51. The molecular weight excluding hydrogens is 526 g/mol. The number of carbonyl (C=O) groups excluding carboxylic acids is 5. The molecule has 234 valence electrons. The van der Waals surface area contributed by atoms with Gasteiger partial charge in [0.05, 0.1) is 13.2 Å². The van der Waals surface area contributed by atoms with Crippen LogP contribution in [0.3, 0.4) is 0 Å². The van der Waals surface area contributed by atoms with E-state index < -0.39 is 11.8 Å². The molecule has 0 aromatic heterocycles. The lowest BCUT2D eigenvalue weighted by molar-refractivity contribution is -0.137. The van der Waals surface area contributed by atoms with E-state index in [1.807, 2.05) is 55.5 Å². The van der Waals surface area contributed by atoms with Gasteiger partial charge in [0, 0.05) is 62.0 Å². The van der Waals surface area contributed by atoms with E-state index in [1.165, 1.54) is 12.2 Å². The highest BCUT2D eigenvalue weighted by atomic mass is 16.5. The van der Waals surface area contributed by atoms with Crippen molar-refractivity contribution in [2.45, 2.75) is 74.1 Å². The number of nitrogens with one attached hydrogen (secondary N) is 3. The second kappa shape index (κ2) is 16.6. The molecule has 0 fully saturated rings. The zero-order valence-corrected chi connectivity index (χ0v) is 26.5. The minimum Gasteiger partial charge on any atom is -0.380 e. The van der Waals surface area contributed by atoms with E-state index in [9.17, 15) is 24.0 Å². The van der Waals surface area contributed by atoms with Crippen LogP contribution in [0.1, 0.15) is 74.1 Å². The van der Waals surface area contributed by atoms with Crippen molar-refractivity contribution >= 4 is 29.5 Å². The van der Waals surface area contributed by atoms with Gasteiger partial charge in [0.15, 0.2) is 0 Å². The highest BCUT2D eigenvalue weighted by molar-refractivity contribution is 6.13. The third-order valence-corrected chi connectivity index (χ3v) is 6.57. The summed E-state index contributed by atoms with van der Waals surface area (Å²) < 4.78 is 5.93. The predicted octanol–water partition coefficient (Wildman–Crippen LogP) is 1.87. The second-order valence-electron chi connectivity index (χ2n) is 13.6. The summed E-state index contributed by atoms with van der Waals surface area (Å²) >= 11 is 0. The second-order valence-corrected chi connectivity index (χ2v) is 13.6. The fourth-order valence-electron chi connectivity index (χ4n) is 4.00. The Bertz CT molecular complexity index is 920. The Hall–Kier alpha value is -2.79. The topological polar surface area (TPSA) is 137 Å². The van der Waals surface area contributed by atoms with E-state index in [1.54, 1.807) is 0 Å². The van der Waals surface area contributed by atoms with Crippen LogP contribution in [0.15, 0.2) is 12.2 Å². The SMILES string of the molecule is CN(CCCNC(=O)CC(C)(C)COCC(C)(C)CNC(=O)CCN1C(=O)C=CC1=O)CCCNC(=O)C(C)(C)C. The lowest BCUT2D eigenvalue weighted by Crippen LogP contribution is -2.40. The maximum atomic E-state index is 12.5. The lowest BCUT2D eigenvalue weighted by Gasteiger charge is -2.29. The van der Waals surface area contributed by atoms with Gasteiger partial charge in [-0.05, 0) is 38.4 Å². The predicted molar refractivity (Wildman–Crippen MR) is 159 cm³/mol. The summed E-state index contributed by atoms with van der Waals surface area (Å²) in [7, 11) is 2.04. The van der Waals surface area contributed by atoms with Crippen molar-refractivity contribution in [2.24, 2.45) is 16.2 Å². The van der Waals surface area contributed by atoms with Crippen molar-refractivity contribution in [3.63, 3.8) is 0 Å². The van der Waals surface area contributed by atoms with Crippen LogP contribution >= 0.6 is 0 Å². The molecular formula is C30H53N5O6. The van der Waals surface area contributed by atoms with Crippen LogP contribution in [-0.4, -0.2) is 98.9 Å². The molecule has 11 heteroatoms. The van der Waals surface area contributed by atoms with Crippen LogP contribution in [0.25, 0.3) is 0 Å². The van der Waals surface area contributed by atoms with E-state index >= 15 is 0 Å². The van der Waals surface area contributed by atoms with Crippen LogP contribution in [0.5, 0.6) is 0 Å². The Morgan fingerprint density at radius 1 is 0.805 bits per heavy atom. The summed E-state index contributed by atoms with van der Waals surface area (Å²) in [5, 5.41) is 8.80. The zero-order chi connectivity index (χ0) is 31.3. The maximum absolute atomic E-state index is 12.5. The van der Waals surface area contributed by atoms with Gasteiger partial charge in [-0.25, -0.2) is 0 Å². The van der Waals surface area contributed by atoms with Gasteiger partial charge in [0.25, 0.3) is 11.8 Å². The van der Waals surface area contributed by atoms with E-state index in [0.717, 1.165) is 30.8 Å². The Morgan fingerprint density at radius 3 is 1.90 bits per heavy atom. The molecule has 0 spiro atoms. The normalized spacial score (nSPS) is 14.1. The highest BCUT2D eigenvalue weighted by Gasteiger charge is 2.27. The number of imide groups is 1. The third kappa shape index (κ3) is 15.7. The van der Waals surface area contributed by atoms with Gasteiger partial charge in [0.2, 0.25) is 17.7 Å². The largest absolute Gasteiger partial charge is 0.380 e. The molecule has 1 aliphatic heterocycles. The van der Waals surface area contributed by atoms with Crippen molar-refractivity contribution in [1.29, 1.82) is 0 Å². The molecule has 0 radical (unpaired) electrons. The summed E-state index contributed by atoms with van der Waals surface area (Å²) in [5.74, 6) is -0.981. The maximum Gasteiger partial charge on any atom is 0.253 e. The van der Waals surface area contributed by atoms with Crippen LogP contribution in [-0.2, 0) is 28.7 Å². The van der Waals surface area contributed by atoms with Crippen molar-refractivity contribution in [2.75, 3.05) is 59.5 Å². The monoisotopic (exact) mass is 579 g/mol. The Balaban J connectivity index is 2.18. The summed E-state index contributed by atoms with van der Waals surface area (Å²) in [5.41, 5.74) is -1.05. The van der Waals surface area contributed by atoms with Gasteiger partial charge in [-0.2, -0.15) is 0 Å². The first kappa shape index (κ1) is 36.2. The summed E-state index contributed by atoms with van der Waals surface area (Å²) in [6.45, 7) is 17.9. The summed E-state index contributed by atoms with van der Waals surface area (Å²) in [4.78, 5) is 63.0. The molecule has 11 nitrogen and oxygen atoms in total. The number of hydrogen-bond acceptors (Lipinski definition) is 7. The molecule has 0 bridgehead atoms. The fourth-order valence-corrected chi connectivity index (χ4v) is 4.00. The van der Waals surface area contributed by atoms with Crippen molar-refractivity contribution in [3.05, 3.63) is 12.2 Å². The standard InChI is InChI=1S/C30H53N5O6/c1-28(2,3)27(40)32-15-10-17-34(8)16-9-14-31-24(37)19-29(4,5)21-41-22-30(6,7)20-33-23(36)13-18-35-25(38)11-12-26(35)39/h11-12H,9-10,13-22H2,1-8H3,(H,31,37)(H,32,40)(H,33,36).